The van der Waals surface area contributed by atoms with Gasteiger partial charge < -0.3 is 9.64 Å². The zero-order valence-electron chi connectivity index (χ0n) is 15.8. The van der Waals surface area contributed by atoms with Crippen LogP contribution in [0.5, 0.6) is 0 Å². The van der Waals surface area contributed by atoms with E-state index in [4.69, 9.17) is 4.74 Å². The van der Waals surface area contributed by atoms with Crippen molar-refractivity contribution in [3.63, 3.8) is 0 Å². The fourth-order valence-electron chi connectivity index (χ4n) is 3.67. The third-order valence-corrected chi connectivity index (χ3v) is 6.30. The van der Waals surface area contributed by atoms with Crippen LogP contribution in [0.2, 0.25) is 0 Å². The van der Waals surface area contributed by atoms with E-state index >= 15 is 0 Å². The van der Waals surface area contributed by atoms with Crippen molar-refractivity contribution in [2.75, 3.05) is 30.2 Å². The Bertz CT molecular complexity index is 829. The van der Waals surface area contributed by atoms with Gasteiger partial charge >= 0.3 is 5.97 Å². The van der Waals surface area contributed by atoms with Crippen LogP contribution in [0.4, 0.5) is 5.69 Å². The van der Waals surface area contributed by atoms with Gasteiger partial charge in [-0.2, -0.15) is 0 Å². The Balaban J connectivity index is 1.67. The van der Waals surface area contributed by atoms with Crippen LogP contribution in [0.25, 0.3) is 0 Å². The average Bonchev–Trinajstić information content (AvgIpc) is 2.87. The van der Waals surface area contributed by atoms with Gasteiger partial charge in [0.05, 0.1) is 17.5 Å². The molecule has 2 aliphatic rings. The molecule has 2 aliphatic heterocycles. The van der Waals surface area contributed by atoms with Gasteiger partial charge in [-0.15, -0.1) is 0 Å². The first-order chi connectivity index (χ1) is 12.8. The van der Waals surface area contributed by atoms with E-state index in [1.54, 1.807) is 30.0 Å². The molecule has 1 fully saturated rings. The first-order valence-electron chi connectivity index (χ1n) is 9.38. The van der Waals surface area contributed by atoms with Gasteiger partial charge in [-0.1, -0.05) is 12.8 Å². The molecular weight excluding hydrogens is 368 g/mol. The maximum Gasteiger partial charge on any atom is 0.338 e. The van der Waals surface area contributed by atoms with Gasteiger partial charge in [0.25, 0.3) is 5.91 Å². The number of anilines is 1. The minimum atomic E-state index is -3.33. The lowest BCUT2D eigenvalue weighted by Gasteiger charge is -2.24. The number of hydrogen-bond acceptors (Lipinski definition) is 5. The van der Waals surface area contributed by atoms with Gasteiger partial charge in [-0.25, -0.2) is 13.2 Å². The molecule has 0 saturated carbocycles. The van der Waals surface area contributed by atoms with E-state index in [9.17, 15) is 18.0 Å². The van der Waals surface area contributed by atoms with Gasteiger partial charge in [0.2, 0.25) is 10.0 Å². The highest BCUT2D eigenvalue weighted by atomic mass is 32.2. The van der Waals surface area contributed by atoms with Crippen molar-refractivity contribution in [3.05, 3.63) is 29.3 Å². The quantitative estimate of drug-likeness (QED) is 0.729. The summed E-state index contributed by atoms with van der Waals surface area (Å²) < 4.78 is 30.3. The molecule has 1 saturated heterocycles. The van der Waals surface area contributed by atoms with Crippen LogP contribution in [0, 0.1) is 0 Å². The van der Waals surface area contributed by atoms with E-state index in [-0.39, 0.29) is 5.91 Å². The predicted octanol–water partition coefficient (Wildman–Crippen LogP) is 1.96. The lowest BCUT2D eigenvalue weighted by molar-refractivity contribution is -0.139. The number of rotatable bonds is 4. The molecule has 0 radical (unpaired) electrons. The predicted molar refractivity (Wildman–Crippen MR) is 102 cm³/mol. The van der Waals surface area contributed by atoms with E-state index in [1.165, 1.54) is 10.6 Å². The summed E-state index contributed by atoms with van der Waals surface area (Å²) in [6.07, 6.45) is 5.08. The van der Waals surface area contributed by atoms with E-state index in [1.807, 2.05) is 0 Å². The summed E-state index contributed by atoms with van der Waals surface area (Å²) in [4.78, 5) is 26.8. The Morgan fingerprint density at radius 1 is 1.07 bits per heavy atom. The Morgan fingerprint density at radius 3 is 2.37 bits per heavy atom. The molecule has 0 aliphatic carbocycles. The minimum Gasteiger partial charge on any atom is -0.449 e. The Labute approximate surface area is 160 Å². The molecule has 1 atom stereocenters. The molecule has 1 amide bonds. The van der Waals surface area contributed by atoms with Crippen LogP contribution in [-0.4, -0.2) is 57.2 Å². The van der Waals surface area contributed by atoms with Crippen LogP contribution >= 0.6 is 0 Å². The number of esters is 1. The molecule has 0 unspecified atom stereocenters. The first-order valence-corrected chi connectivity index (χ1v) is 11.2. The van der Waals surface area contributed by atoms with Crippen molar-refractivity contribution in [1.82, 2.24) is 4.90 Å². The molecule has 0 spiro atoms. The fourth-order valence-corrected chi connectivity index (χ4v) is 4.63. The number of nitrogens with zero attached hydrogens (tertiary/aromatic N) is 2. The van der Waals surface area contributed by atoms with Crippen molar-refractivity contribution >= 4 is 27.6 Å². The smallest absolute Gasteiger partial charge is 0.338 e. The topological polar surface area (TPSA) is 84.0 Å². The maximum absolute atomic E-state index is 12.5. The first kappa shape index (κ1) is 19.7. The summed E-state index contributed by atoms with van der Waals surface area (Å²) >= 11 is 0. The molecule has 2 heterocycles. The molecule has 27 heavy (non-hydrogen) atoms. The number of likely N-dealkylation sites (tertiary alicyclic amines) is 1. The maximum atomic E-state index is 12.5. The molecule has 1 aromatic carbocycles. The summed E-state index contributed by atoms with van der Waals surface area (Å²) in [6, 6.07) is 4.83. The van der Waals surface area contributed by atoms with Crippen LogP contribution in [0.15, 0.2) is 18.2 Å². The summed E-state index contributed by atoms with van der Waals surface area (Å²) in [5.74, 6) is -0.721. The highest BCUT2D eigenvalue weighted by molar-refractivity contribution is 7.92. The summed E-state index contributed by atoms with van der Waals surface area (Å²) in [5, 5.41) is 0. The molecule has 0 bridgehead atoms. The van der Waals surface area contributed by atoms with E-state index in [0.717, 1.165) is 31.2 Å². The number of ether oxygens (including phenoxy) is 1. The van der Waals surface area contributed by atoms with E-state index in [2.05, 4.69) is 0 Å². The van der Waals surface area contributed by atoms with E-state index < -0.39 is 22.1 Å². The Morgan fingerprint density at radius 2 is 1.74 bits per heavy atom. The highest BCUT2D eigenvalue weighted by Crippen LogP contribution is 2.31. The zero-order valence-corrected chi connectivity index (χ0v) is 16.6. The van der Waals surface area contributed by atoms with Crippen molar-refractivity contribution in [1.29, 1.82) is 0 Å². The molecule has 7 nitrogen and oxygen atoms in total. The van der Waals surface area contributed by atoms with Gasteiger partial charge in [0.15, 0.2) is 6.10 Å². The number of amides is 1. The lowest BCUT2D eigenvalue weighted by Crippen LogP contribution is -2.40. The standard InChI is InChI=1S/C19H26N2O5S/c1-14(18(22)20-10-5-3-4-6-11-20)26-19(23)16-7-8-17-15(13-16)9-12-21(17)27(2,24)25/h7-8,13-14H,3-6,9-12H2,1-2H3/t14-/m0/s1. The molecule has 3 rings (SSSR count). The SMILES string of the molecule is C[C@H](OC(=O)c1ccc2c(c1)CCN2S(C)(=O)=O)C(=O)N1CCCCCC1. The largest absolute Gasteiger partial charge is 0.449 e. The highest BCUT2D eigenvalue weighted by Gasteiger charge is 2.28. The Hall–Kier alpha value is -2.09. The van der Waals surface area contributed by atoms with E-state index in [0.29, 0.717) is 37.3 Å². The number of sulfonamides is 1. The molecule has 1 aromatic rings. The third-order valence-electron chi connectivity index (χ3n) is 5.12. The van der Waals surface area contributed by atoms with Crippen LogP contribution in [0.3, 0.4) is 0 Å². The summed E-state index contributed by atoms with van der Waals surface area (Å²) in [7, 11) is -3.33. The van der Waals surface area contributed by atoms with Crippen molar-refractivity contribution in [2.45, 2.75) is 45.1 Å². The second-order valence-corrected chi connectivity index (χ2v) is 9.12. The third kappa shape index (κ3) is 4.43. The van der Waals surface area contributed by atoms with Gasteiger partial charge in [-0.3, -0.25) is 9.10 Å². The normalized spacial score (nSPS) is 18.6. The zero-order chi connectivity index (χ0) is 19.6. The number of carbonyl (C=O) groups is 2. The number of benzene rings is 1. The number of fused-ring (bicyclic) bond motifs is 1. The molecule has 148 valence electrons. The second kappa shape index (κ2) is 7.88. The Kier molecular flexibility index (Phi) is 5.74. The van der Waals surface area contributed by atoms with Crippen molar-refractivity contribution < 1.29 is 22.7 Å². The van der Waals surface area contributed by atoms with Crippen molar-refractivity contribution in [3.8, 4) is 0 Å². The second-order valence-electron chi connectivity index (χ2n) is 7.22. The number of hydrogen-bond donors (Lipinski definition) is 0. The number of carbonyl (C=O) groups excluding carboxylic acids is 2. The van der Waals surface area contributed by atoms with Gasteiger partial charge in [0.1, 0.15) is 0 Å². The monoisotopic (exact) mass is 394 g/mol. The molecule has 0 N–H and O–H groups in total. The van der Waals surface area contributed by atoms with Crippen LogP contribution < -0.4 is 4.31 Å². The minimum absolute atomic E-state index is 0.158. The van der Waals surface area contributed by atoms with Crippen LogP contribution in [-0.2, 0) is 26.0 Å². The van der Waals surface area contributed by atoms with Gasteiger partial charge in [-0.05, 0) is 49.9 Å². The average molecular weight is 394 g/mol. The molecular formula is C19H26N2O5S. The van der Waals surface area contributed by atoms with Crippen molar-refractivity contribution in [2.24, 2.45) is 0 Å². The molecule has 8 heteroatoms. The van der Waals surface area contributed by atoms with Crippen LogP contribution in [0.1, 0.15) is 48.5 Å². The van der Waals surface area contributed by atoms with Gasteiger partial charge in [0, 0.05) is 19.6 Å². The molecule has 0 aromatic heterocycles. The summed E-state index contributed by atoms with van der Waals surface area (Å²) in [5.41, 5.74) is 1.73. The lowest BCUT2D eigenvalue weighted by atomic mass is 10.1. The summed E-state index contributed by atoms with van der Waals surface area (Å²) in [6.45, 7) is 3.39. The fraction of sp³-hybridized carbons (Fsp3) is 0.579.